The van der Waals surface area contributed by atoms with Crippen molar-refractivity contribution in [2.45, 2.75) is 44.4 Å². The average molecular weight is 267 g/mol. The SMILES string of the molecule is OCCCNc1cc(=S)nc(C2CCCCC2)[nH]1. The van der Waals surface area contributed by atoms with E-state index < -0.39 is 0 Å². The van der Waals surface area contributed by atoms with E-state index in [9.17, 15) is 0 Å². The van der Waals surface area contributed by atoms with E-state index in [4.69, 9.17) is 17.3 Å². The highest BCUT2D eigenvalue weighted by Gasteiger charge is 2.17. The molecule has 0 unspecified atom stereocenters. The second kappa shape index (κ2) is 6.85. The molecule has 0 aromatic carbocycles. The van der Waals surface area contributed by atoms with E-state index >= 15 is 0 Å². The van der Waals surface area contributed by atoms with E-state index in [1.165, 1.54) is 32.1 Å². The van der Waals surface area contributed by atoms with Crippen molar-refractivity contribution in [2.24, 2.45) is 0 Å². The van der Waals surface area contributed by atoms with E-state index in [1.54, 1.807) is 0 Å². The molecule has 0 atom stereocenters. The molecule has 1 aliphatic carbocycles. The maximum Gasteiger partial charge on any atom is 0.131 e. The topological polar surface area (TPSA) is 60.9 Å². The lowest BCUT2D eigenvalue weighted by Gasteiger charge is -2.21. The Morgan fingerprint density at radius 1 is 1.39 bits per heavy atom. The Morgan fingerprint density at radius 2 is 2.17 bits per heavy atom. The summed E-state index contributed by atoms with van der Waals surface area (Å²) in [5, 5.41) is 12.0. The molecule has 4 nitrogen and oxygen atoms in total. The van der Waals surface area contributed by atoms with E-state index in [0.29, 0.717) is 10.6 Å². The van der Waals surface area contributed by atoms with E-state index in [1.807, 2.05) is 6.07 Å². The molecule has 2 rings (SSSR count). The Kier molecular flexibility index (Phi) is 5.13. The number of nitrogens with zero attached hydrogens (tertiary/aromatic N) is 1. The zero-order valence-corrected chi connectivity index (χ0v) is 11.4. The highest BCUT2D eigenvalue weighted by molar-refractivity contribution is 7.71. The van der Waals surface area contributed by atoms with Gasteiger partial charge in [-0.25, -0.2) is 4.98 Å². The number of aliphatic hydroxyl groups excluding tert-OH is 1. The zero-order chi connectivity index (χ0) is 12.8. The smallest absolute Gasteiger partial charge is 0.131 e. The van der Waals surface area contributed by atoms with Crippen LogP contribution in [-0.4, -0.2) is 28.2 Å². The quantitative estimate of drug-likeness (QED) is 0.567. The van der Waals surface area contributed by atoms with Gasteiger partial charge in [-0.2, -0.15) is 0 Å². The summed E-state index contributed by atoms with van der Waals surface area (Å²) in [6, 6.07) is 1.85. The molecular weight excluding hydrogens is 246 g/mol. The summed E-state index contributed by atoms with van der Waals surface area (Å²) in [6.07, 6.45) is 7.06. The van der Waals surface area contributed by atoms with Crippen molar-refractivity contribution >= 4 is 18.0 Å². The molecule has 0 spiro atoms. The maximum absolute atomic E-state index is 8.77. The minimum Gasteiger partial charge on any atom is -0.396 e. The van der Waals surface area contributed by atoms with Crippen molar-refractivity contribution in [2.75, 3.05) is 18.5 Å². The van der Waals surface area contributed by atoms with E-state index in [2.05, 4.69) is 15.3 Å². The van der Waals surface area contributed by atoms with Crippen LogP contribution in [0.1, 0.15) is 50.3 Å². The number of rotatable bonds is 5. The minimum atomic E-state index is 0.203. The number of H-pyrrole nitrogens is 1. The zero-order valence-electron chi connectivity index (χ0n) is 10.6. The molecule has 0 bridgehead atoms. The van der Waals surface area contributed by atoms with Crippen molar-refractivity contribution in [3.05, 3.63) is 16.5 Å². The first-order chi connectivity index (χ1) is 8.79. The van der Waals surface area contributed by atoms with Gasteiger partial charge in [-0.15, -0.1) is 0 Å². The van der Waals surface area contributed by atoms with Gasteiger partial charge in [0, 0.05) is 25.1 Å². The molecule has 100 valence electrons. The van der Waals surface area contributed by atoms with Crippen LogP contribution >= 0.6 is 12.2 Å². The number of aliphatic hydroxyl groups is 1. The molecule has 18 heavy (non-hydrogen) atoms. The molecule has 3 N–H and O–H groups in total. The van der Waals surface area contributed by atoms with Crippen LogP contribution in [0.2, 0.25) is 0 Å². The predicted octanol–water partition coefficient (Wildman–Crippen LogP) is 2.98. The van der Waals surface area contributed by atoms with Crippen LogP contribution in [0.25, 0.3) is 0 Å². The Labute approximate surface area is 113 Å². The number of aromatic amines is 1. The van der Waals surface area contributed by atoms with Gasteiger partial charge in [0.25, 0.3) is 0 Å². The normalized spacial score (nSPS) is 16.7. The summed E-state index contributed by atoms with van der Waals surface area (Å²) in [7, 11) is 0. The largest absolute Gasteiger partial charge is 0.396 e. The van der Waals surface area contributed by atoms with E-state index in [0.717, 1.165) is 24.6 Å². The van der Waals surface area contributed by atoms with Crippen molar-refractivity contribution in [1.82, 2.24) is 9.97 Å². The molecule has 0 saturated heterocycles. The Morgan fingerprint density at radius 3 is 2.89 bits per heavy atom. The third-order valence-corrected chi connectivity index (χ3v) is 3.61. The lowest BCUT2D eigenvalue weighted by molar-refractivity contribution is 0.292. The van der Waals surface area contributed by atoms with Crippen molar-refractivity contribution < 1.29 is 5.11 Å². The number of hydrogen-bond donors (Lipinski definition) is 3. The summed E-state index contributed by atoms with van der Waals surface area (Å²) in [6.45, 7) is 0.949. The van der Waals surface area contributed by atoms with Gasteiger partial charge in [0.05, 0.1) is 0 Å². The summed E-state index contributed by atoms with van der Waals surface area (Å²) >= 11 is 5.21. The molecular formula is C13H21N3OS. The number of aromatic nitrogens is 2. The van der Waals surface area contributed by atoms with Gasteiger partial charge < -0.3 is 15.4 Å². The average Bonchev–Trinajstić information content (AvgIpc) is 2.39. The molecule has 0 radical (unpaired) electrons. The van der Waals surface area contributed by atoms with Crippen LogP contribution in [0.15, 0.2) is 6.07 Å². The molecule has 5 heteroatoms. The fourth-order valence-corrected chi connectivity index (χ4v) is 2.66. The number of hydrogen-bond acceptors (Lipinski definition) is 4. The summed E-state index contributed by atoms with van der Waals surface area (Å²) in [4.78, 5) is 7.80. The van der Waals surface area contributed by atoms with Gasteiger partial charge in [0.2, 0.25) is 0 Å². The van der Waals surface area contributed by atoms with Gasteiger partial charge in [0.15, 0.2) is 0 Å². The molecule has 0 aliphatic heterocycles. The van der Waals surface area contributed by atoms with Crippen LogP contribution < -0.4 is 5.32 Å². The van der Waals surface area contributed by atoms with Gasteiger partial charge in [-0.1, -0.05) is 31.5 Å². The fourth-order valence-electron chi connectivity index (χ4n) is 2.44. The van der Waals surface area contributed by atoms with Gasteiger partial charge in [-0.3, -0.25) is 0 Å². The first-order valence-electron chi connectivity index (χ1n) is 6.75. The Balaban J connectivity index is 2.07. The van der Waals surface area contributed by atoms with Crippen molar-refractivity contribution in [3.63, 3.8) is 0 Å². The van der Waals surface area contributed by atoms with Gasteiger partial charge in [0.1, 0.15) is 16.3 Å². The second-order valence-electron chi connectivity index (χ2n) is 4.86. The number of nitrogens with one attached hydrogen (secondary N) is 2. The van der Waals surface area contributed by atoms with Crippen LogP contribution in [0.3, 0.4) is 0 Å². The van der Waals surface area contributed by atoms with Gasteiger partial charge in [-0.05, 0) is 19.3 Å². The predicted molar refractivity (Wildman–Crippen MR) is 75.4 cm³/mol. The monoisotopic (exact) mass is 267 g/mol. The lowest BCUT2D eigenvalue weighted by Crippen LogP contribution is -2.12. The first-order valence-corrected chi connectivity index (χ1v) is 7.16. The molecule has 1 saturated carbocycles. The molecule has 1 aliphatic rings. The van der Waals surface area contributed by atoms with Crippen LogP contribution in [0, 0.1) is 4.64 Å². The summed E-state index contributed by atoms with van der Waals surface area (Å²) < 4.78 is 0.640. The third kappa shape index (κ3) is 3.78. The standard InChI is InChI=1S/C13H21N3OS/c17-8-4-7-14-11-9-12(18)16-13(15-11)10-5-2-1-3-6-10/h9-10,17H,1-8H2,(H2,14,15,16,18). The van der Waals surface area contributed by atoms with Crippen molar-refractivity contribution in [1.29, 1.82) is 0 Å². The first kappa shape index (κ1) is 13.5. The third-order valence-electron chi connectivity index (χ3n) is 3.40. The summed E-state index contributed by atoms with van der Waals surface area (Å²) in [5.74, 6) is 2.47. The van der Waals surface area contributed by atoms with Crippen molar-refractivity contribution in [3.8, 4) is 0 Å². The highest BCUT2D eigenvalue weighted by Crippen LogP contribution is 2.30. The number of anilines is 1. The Bertz CT molecular complexity index is 426. The second-order valence-corrected chi connectivity index (χ2v) is 5.28. The molecule has 1 aromatic heterocycles. The van der Waals surface area contributed by atoms with E-state index in [-0.39, 0.29) is 6.61 Å². The maximum atomic E-state index is 8.77. The molecule has 1 heterocycles. The molecule has 0 amide bonds. The van der Waals surface area contributed by atoms with Crippen LogP contribution in [-0.2, 0) is 0 Å². The molecule has 1 fully saturated rings. The van der Waals surface area contributed by atoms with Gasteiger partial charge >= 0.3 is 0 Å². The summed E-state index contributed by atoms with van der Waals surface area (Å²) in [5.41, 5.74) is 0. The lowest BCUT2D eigenvalue weighted by atomic mass is 9.89. The fraction of sp³-hybridized carbons (Fsp3) is 0.692. The minimum absolute atomic E-state index is 0.203. The Hall–Kier alpha value is -0.940. The van der Waals surface area contributed by atoms with Crippen LogP contribution in [0.5, 0.6) is 0 Å². The van der Waals surface area contributed by atoms with Crippen LogP contribution in [0.4, 0.5) is 5.82 Å². The highest BCUT2D eigenvalue weighted by atomic mass is 32.1. The molecule has 1 aromatic rings.